The molecule has 3 aromatic rings. The Balaban J connectivity index is 1.37. The molecule has 0 bridgehead atoms. The van der Waals surface area contributed by atoms with Crippen molar-refractivity contribution in [2.75, 3.05) is 16.4 Å². The molecule has 38 heavy (non-hydrogen) atoms. The average Bonchev–Trinajstić information content (AvgIpc) is 3.33. The topological polar surface area (TPSA) is 125 Å². The second-order valence-electron chi connectivity index (χ2n) is 9.47. The highest BCUT2D eigenvalue weighted by Crippen LogP contribution is 2.30. The summed E-state index contributed by atoms with van der Waals surface area (Å²) in [7, 11) is -3.66. The highest BCUT2D eigenvalue weighted by molar-refractivity contribution is 7.91. The van der Waals surface area contributed by atoms with Gasteiger partial charge in [-0.05, 0) is 48.2 Å². The molecule has 1 aromatic heterocycles. The van der Waals surface area contributed by atoms with Crippen LogP contribution in [0.1, 0.15) is 60.1 Å². The molecular weight excluding hydrogens is 529 g/mol. The number of aromatic nitrogens is 1. The number of carboxylic acid groups (broad SMARTS) is 1. The van der Waals surface area contributed by atoms with Crippen LogP contribution in [0.5, 0.6) is 0 Å². The Bertz CT molecular complexity index is 1380. The first kappa shape index (κ1) is 27.7. The van der Waals surface area contributed by atoms with Crippen molar-refractivity contribution in [1.82, 2.24) is 4.98 Å². The minimum atomic E-state index is -3.66. The number of carbonyl (C=O) groups is 2. The molecular formula is C27H30FN3O5S2. The number of thiazole rings is 1. The van der Waals surface area contributed by atoms with Crippen LogP contribution in [0.25, 0.3) is 0 Å². The summed E-state index contributed by atoms with van der Waals surface area (Å²) in [6.07, 6.45) is 5.94. The largest absolute Gasteiger partial charge is 0.481 e. The van der Waals surface area contributed by atoms with Crippen LogP contribution in [-0.4, -0.2) is 36.1 Å². The highest BCUT2D eigenvalue weighted by atomic mass is 32.2. The highest BCUT2D eigenvalue weighted by Gasteiger charge is 2.23. The van der Waals surface area contributed by atoms with Crippen LogP contribution in [0.4, 0.5) is 15.2 Å². The summed E-state index contributed by atoms with van der Waals surface area (Å²) in [5.41, 5.74) is 1.90. The standard InChI is InChI=1S/C27H30FN3O5S2/c28-21-10-11-23(24(14-21)38(35,36)13-12-18-4-2-1-3-5-18)29-16-19-6-8-20(9-7-19)26(34)31-27-30-22(17-37-27)15-25(32)33/h6-11,14,17-18,29H,1-5,12-13,15-16H2,(H,32,33)(H,30,31,34). The Morgan fingerprint density at radius 3 is 2.53 bits per heavy atom. The summed E-state index contributed by atoms with van der Waals surface area (Å²) in [4.78, 5) is 27.4. The molecule has 3 N–H and O–H groups in total. The summed E-state index contributed by atoms with van der Waals surface area (Å²) in [5.74, 6) is -1.58. The van der Waals surface area contributed by atoms with Gasteiger partial charge in [0.2, 0.25) is 0 Å². The van der Waals surface area contributed by atoms with Gasteiger partial charge in [0.1, 0.15) is 5.82 Å². The van der Waals surface area contributed by atoms with E-state index in [9.17, 15) is 22.4 Å². The van der Waals surface area contributed by atoms with Crippen molar-refractivity contribution in [3.05, 3.63) is 70.5 Å². The zero-order valence-corrected chi connectivity index (χ0v) is 22.4. The maximum atomic E-state index is 14.0. The number of halogens is 1. The SMILES string of the molecule is O=C(O)Cc1csc(NC(=O)c2ccc(CNc3ccc(F)cc3S(=O)(=O)CCC3CCCCC3)cc2)n1. The summed E-state index contributed by atoms with van der Waals surface area (Å²) in [6, 6.07) is 10.5. The van der Waals surface area contributed by atoms with Crippen molar-refractivity contribution in [1.29, 1.82) is 0 Å². The number of benzene rings is 2. The molecule has 0 atom stereocenters. The van der Waals surface area contributed by atoms with Gasteiger partial charge >= 0.3 is 5.97 Å². The molecule has 2 aromatic carbocycles. The van der Waals surface area contributed by atoms with Gasteiger partial charge in [-0.15, -0.1) is 11.3 Å². The molecule has 0 unspecified atom stereocenters. The zero-order valence-electron chi connectivity index (χ0n) is 20.8. The van der Waals surface area contributed by atoms with Gasteiger partial charge in [0.25, 0.3) is 5.91 Å². The minimum absolute atomic E-state index is 0.00347. The lowest BCUT2D eigenvalue weighted by Gasteiger charge is -2.21. The third-order valence-corrected chi connectivity index (χ3v) is 9.19. The Morgan fingerprint density at radius 2 is 1.82 bits per heavy atom. The van der Waals surface area contributed by atoms with Gasteiger partial charge < -0.3 is 10.4 Å². The molecule has 1 saturated carbocycles. The van der Waals surface area contributed by atoms with E-state index in [2.05, 4.69) is 15.6 Å². The lowest BCUT2D eigenvalue weighted by atomic mass is 9.88. The number of nitrogens with one attached hydrogen (secondary N) is 2. The third-order valence-electron chi connectivity index (χ3n) is 6.60. The number of hydrogen-bond donors (Lipinski definition) is 3. The first-order chi connectivity index (χ1) is 18.2. The predicted octanol–water partition coefficient (Wildman–Crippen LogP) is 5.52. The molecule has 1 amide bonds. The Labute approximate surface area is 225 Å². The number of nitrogens with zero attached hydrogens (tertiary/aromatic N) is 1. The van der Waals surface area contributed by atoms with Crippen molar-refractivity contribution in [2.45, 2.75) is 56.4 Å². The first-order valence-electron chi connectivity index (χ1n) is 12.5. The second-order valence-corrected chi connectivity index (χ2v) is 12.4. The van der Waals surface area contributed by atoms with E-state index in [1.54, 1.807) is 29.6 Å². The Hall–Kier alpha value is -3.31. The molecule has 8 nitrogen and oxygen atoms in total. The molecule has 0 radical (unpaired) electrons. The van der Waals surface area contributed by atoms with Crippen LogP contribution < -0.4 is 10.6 Å². The fourth-order valence-electron chi connectivity index (χ4n) is 4.55. The normalized spacial score (nSPS) is 14.2. The van der Waals surface area contributed by atoms with E-state index in [1.165, 1.54) is 18.6 Å². The zero-order chi connectivity index (χ0) is 27.1. The number of rotatable bonds is 11. The maximum Gasteiger partial charge on any atom is 0.309 e. The first-order valence-corrected chi connectivity index (χ1v) is 15.1. The van der Waals surface area contributed by atoms with Gasteiger partial charge in [-0.1, -0.05) is 44.2 Å². The van der Waals surface area contributed by atoms with Crippen molar-refractivity contribution in [3.63, 3.8) is 0 Å². The number of anilines is 2. The molecule has 202 valence electrons. The average molecular weight is 560 g/mol. The minimum Gasteiger partial charge on any atom is -0.481 e. The van der Waals surface area contributed by atoms with Gasteiger partial charge in [0.05, 0.1) is 28.5 Å². The van der Waals surface area contributed by atoms with E-state index in [0.717, 1.165) is 48.6 Å². The van der Waals surface area contributed by atoms with Crippen molar-refractivity contribution in [3.8, 4) is 0 Å². The summed E-state index contributed by atoms with van der Waals surface area (Å²) in [6.45, 7) is 0.281. The molecule has 1 fully saturated rings. The maximum absolute atomic E-state index is 14.0. The molecule has 0 spiro atoms. The smallest absolute Gasteiger partial charge is 0.309 e. The van der Waals surface area contributed by atoms with E-state index in [4.69, 9.17) is 5.11 Å². The van der Waals surface area contributed by atoms with Crippen LogP contribution >= 0.6 is 11.3 Å². The number of carbonyl (C=O) groups excluding carboxylic acids is 1. The Morgan fingerprint density at radius 1 is 1.08 bits per heavy atom. The second kappa shape index (κ2) is 12.5. The summed E-state index contributed by atoms with van der Waals surface area (Å²) >= 11 is 1.15. The van der Waals surface area contributed by atoms with Gasteiger partial charge in [-0.25, -0.2) is 17.8 Å². The van der Waals surface area contributed by atoms with E-state index < -0.39 is 21.6 Å². The van der Waals surface area contributed by atoms with Crippen LogP contribution in [0, 0.1) is 11.7 Å². The van der Waals surface area contributed by atoms with E-state index in [1.807, 2.05) is 0 Å². The molecule has 0 aliphatic heterocycles. The van der Waals surface area contributed by atoms with Gasteiger partial charge in [-0.2, -0.15) is 0 Å². The van der Waals surface area contributed by atoms with Crippen molar-refractivity contribution < 1.29 is 27.5 Å². The molecule has 11 heteroatoms. The van der Waals surface area contributed by atoms with Crippen LogP contribution in [0.15, 0.2) is 52.7 Å². The van der Waals surface area contributed by atoms with Crippen LogP contribution in [0.3, 0.4) is 0 Å². The lowest BCUT2D eigenvalue weighted by molar-refractivity contribution is -0.136. The quantitative estimate of drug-likeness (QED) is 0.283. The van der Waals surface area contributed by atoms with Gasteiger partial charge in [0, 0.05) is 17.5 Å². The monoisotopic (exact) mass is 559 g/mol. The number of carboxylic acids is 1. The van der Waals surface area contributed by atoms with Crippen molar-refractivity contribution >= 4 is 43.9 Å². The van der Waals surface area contributed by atoms with E-state index in [-0.39, 0.29) is 29.5 Å². The summed E-state index contributed by atoms with van der Waals surface area (Å²) < 4.78 is 40.2. The number of sulfone groups is 1. The van der Waals surface area contributed by atoms with Crippen LogP contribution in [0.2, 0.25) is 0 Å². The molecule has 1 heterocycles. The third kappa shape index (κ3) is 7.61. The Kier molecular flexibility index (Phi) is 9.11. The fraction of sp³-hybridized carbons (Fsp3) is 0.370. The van der Waals surface area contributed by atoms with E-state index in [0.29, 0.717) is 34.4 Å². The van der Waals surface area contributed by atoms with Crippen LogP contribution in [-0.2, 0) is 27.6 Å². The van der Waals surface area contributed by atoms with Gasteiger partial charge in [-0.3, -0.25) is 14.9 Å². The number of aliphatic carboxylic acids is 1. The van der Waals surface area contributed by atoms with E-state index >= 15 is 0 Å². The van der Waals surface area contributed by atoms with Crippen molar-refractivity contribution in [2.24, 2.45) is 5.92 Å². The predicted molar refractivity (Wildman–Crippen MR) is 145 cm³/mol. The molecule has 1 aliphatic carbocycles. The molecule has 1 aliphatic rings. The fourth-order valence-corrected chi connectivity index (χ4v) is 6.88. The number of hydrogen-bond acceptors (Lipinski definition) is 7. The summed E-state index contributed by atoms with van der Waals surface area (Å²) in [5, 5.41) is 16.5. The lowest BCUT2D eigenvalue weighted by Crippen LogP contribution is -2.16. The number of amides is 1. The molecule has 0 saturated heterocycles. The molecule has 4 rings (SSSR count). The van der Waals surface area contributed by atoms with Gasteiger partial charge in [0.15, 0.2) is 15.0 Å².